The van der Waals surface area contributed by atoms with Crippen LogP contribution in [0.1, 0.15) is 26.4 Å². The van der Waals surface area contributed by atoms with Crippen LogP contribution in [-0.4, -0.2) is 22.5 Å². The predicted molar refractivity (Wildman–Crippen MR) is 84.1 cm³/mol. The van der Waals surface area contributed by atoms with E-state index in [0.29, 0.717) is 4.88 Å². The van der Waals surface area contributed by atoms with Crippen LogP contribution in [0.4, 0.5) is 0 Å². The van der Waals surface area contributed by atoms with Gasteiger partial charge in [0.25, 0.3) is 0 Å². The number of thiazole rings is 1. The minimum absolute atomic E-state index is 0.324. The van der Waals surface area contributed by atoms with Crippen molar-refractivity contribution in [3.05, 3.63) is 46.1 Å². The fourth-order valence-corrected chi connectivity index (χ4v) is 3.58. The Balaban J connectivity index is 2.10. The van der Waals surface area contributed by atoms with E-state index in [1.54, 1.807) is 6.20 Å². The maximum Gasteiger partial charge on any atom is 0.349 e. The summed E-state index contributed by atoms with van der Waals surface area (Å²) in [6.07, 6.45) is 3.73. The zero-order valence-electron chi connectivity index (χ0n) is 12.4. The third kappa shape index (κ3) is 2.34. The number of imidazole rings is 1. The van der Waals surface area contributed by atoms with Gasteiger partial charge in [0, 0.05) is 18.0 Å². The summed E-state index contributed by atoms with van der Waals surface area (Å²) in [6.45, 7) is 6.30. The lowest BCUT2D eigenvalue weighted by Crippen LogP contribution is -1.97. The van der Waals surface area contributed by atoms with E-state index < -0.39 is 0 Å². The fourth-order valence-electron chi connectivity index (χ4n) is 2.70. The number of esters is 1. The highest BCUT2D eigenvalue weighted by Gasteiger charge is 2.15. The molecule has 3 aromatic rings. The SMILES string of the molecule is COC(=O)c1cn2cc(-c3c(C)cc(C)cc3C)nc2s1. The number of hydrogen-bond acceptors (Lipinski definition) is 4. The number of nitrogens with zero attached hydrogens (tertiary/aromatic N) is 2. The number of aryl methyl sites for hydroxylation is 3. The molecule has 2 heterocycles. The largest absolute Gasteiger partial charge is 0.465 e. The first kappa shape index (κ1) is 13.8. The van der Waals surface area contributed by atoms with Gasteiger partial charge in [-0.15, -0.1) is 0 Å². The van der Waals surface area contributed by atoms with Crippen molar-refractivity contribution in [1.29, 1.82) is 0 Å². The van der Waals surface area contributed by atoms with Gasteiger partial charge in [0.1, 0.15) is 4.88 Å². The Morgan fingerprint density at radius 3 is 2.43 bits per heavy atom. The van der Waals surface area contributed by atoms with Gasteiger partial charge in [-0.1, -0.05) is 29.0 Å². The van der Waals surface area contributed by atoms with Crippen LogP contribution >= 0.6 is 11.3 Å². The molecule has 0 saturated heterocycles. The molecule has 0 N–H and O–H groups in total. The van der Waals surface area contributed by atoms with Crippen LogP contribution in [0.25, 0.3) is 16.2 Å². The second-order valence-corrected chi connectivity index (χ2v) is 6.19. The van der Waals surface area contributed by atoms with Crippen molar-refractivity contribution in [2.45, 2.75) is 20.8 Å². The second kappa shape index (κ2) is 5.00. The van der Waals surface area contributed by atoms with E-state index in [2.05, 4.69) is 37.9 Å². The van der Waals surface area contributed by atoms with Crippen molar-refractivity contribution >= 4 is 22.3 Å². The maximum atomic E-state index is 11.5. The molecule has 0 aliphatic heterocycles. The molecule has 2 aromatic heterocycles. The Bertz CT molecular complexity index is 791. The van der Waals surface area contributed by atoms with Crippen LogP contribution in [-0.2, 0) is 4.74 Å². The van der Waals surface area contributed by atoms with Gasteiger partial charge < -0.3 is 4.74 Å². The van der Waals surface area contributed by atoms with Gasteiger partial charge in [-0.05, 0) is 31.9 Å². The Labute approximate surface area is 127 Å². The lowest BCUT2D eigenvalue weighted by Gasteiger charge is -2.08. The molecular weight excluding hydrogens is 284 g/mol. The number of ether oxygens (including phenoxy) is 1. The van der Waals surface area contributed by atoms with Crippen molar-refractivity contribution in [3.8, 4) is 11.3 Å². The monoisotopic (exact) mass is 300 g/mol. The van der Waals surface area contributed by atoms with E-state index in [4.69, 9.17) is 4.74 Å². The summed E-state index contributed by atoms with van der Waals surface area (Å²) in [7, 11) is 1.38. The van der Waals surface area contributed by atoms with Crippen molar-refractivity contribution in [3.63, 3.8) is 0 Å². The van der Waals surface area contributed by atoms with E-state index in [1.165, 1.54) is 35.1 Å². The standard InChI is InChI=1S/C16H16N2O2S/c1-9-5-10(2)14(11(3)6-9)12-7-18-8-13(15(19)20-4)21-16(18)17-12/h5-8H,1-4H3. The molecule has 0 spiro atoms. The number of carbonyl (C=O) groups is 1. The predicted octanol–water partition coefficient (Wildman–Crippen LogP) is 3.77. The van der Waals surface area contributed by atoms with E-state index >= 15 is 0 Å². The first-order valence-corrected chi connectivity index (χ1v) is 7.46. The van der Waals surface area contributed by atoms with Crippen molar-refractivity contribution < 1.29 is 9.53 Å². The van der Waals surface area contributed by atoms with Crippen LogP contribution in [0, 0.1) is 20.8 Å². The number of aromatic nitrogens is 2. The minimum atomic E-state index is -0.324. The van der Waals surface area contributed by atoms with Crippen LogP contribution in [0.3, 0.4) is 0 Å². The van der Waals surface area contributed by atoms with Gasteiger partial charge in [-0.3, -0.25) is 4.40 Å². The Morgan fingerprint density at radius 2 is 1.86 bits per heavy atom. The van der Waals surface area contributed by atoms with Crippen LogP contribution in [0.15, 0.2) is 24.5 Å². The number of rotatable bonds is 2. The number of carbonyl (C=O) groups excluding carboxylic acids is 1. The summed E-state index contributed by atoms with van der Waals surface area (Å²) in [4.78, 5) is 17.5. The number of benzene rings is 1. The van der Waals surface area contributed by atoms with Gasteiger partial charge >= 0.3 is 5.97 Å². The van der Waals surface area contributed by atoms with Gasteiger partial charge in [-0.25, -0.2) is 9.78 Å². The zero-order valence-corrected chi connectivity index (χ0v) is 13.2. The summed E-state index contributed by atoms with van der Waals surface area (Å²) >= 11 is 1.34. The lowest BCUT2D eigenvalue weighted by atomic mass is 9.98. The molecule has 0 bridgehead atoms. The van der Waals surface area contributed by atoms with Crippen LogP contribution in [0.2, 0.25) is 0 Å². The molecule has 0 radical (unpaired) electrons. The fraction of sp³-hybridized carbons (Fsp3) is 0.250. The van der Waals surface area contributed by atoms with Crippen LogP contribution < -0.4 is 0 Å². The smallest absolute Gasteiger partial charge is 0.349 e. The van der Waals surface area contributed by atoms with Crippen molar-refractivity contribution in [2.24, 2.45) is 0 Å². The van der Waals surface area contributed by atoms with E-state index in [9.17, 15) is 4.79 Å². The normalized spacial score (nSPS) is 11.0. The van der Waals surface area contributed by atoms with Gasteiger partial charge in [-0.2, -0.15) is 0 Å². The highest BCUT2D eigenvalue weighted by molar-refractivity contribution is 7.18. The van der Waals surface area contributed by atoms with Crippen molar-refractivity contribution in [2.75, 3.05) is 7.11 Å². The third-order valence-corrected chi connectivity index (χ3v) is 4.45. The van der Waals surface area contributed by atoms with E-state index in [0.717, 1.165) is 16.2 Å². The minimum Gasteiger partial charge on any atom is -0.465 e. The highest BCUT2D eigenvalue weighted by atomic mass is 32.1. The Kier molecular flexibility index (Phi) is 3.29. The average Bonchev–Trinajstić information content (AvgIpc) is 2.94. The lowest BCUT2D eigenvalue weighted by molar-refractivity contribution is 0.0606. The molecule has 108 valence electrons. The second-order valence-electron chi connectivity index (χ2n) is 5.18. The molecule has 0 unspecified atom stereocenters. The summed E-state index contributed by atoms with van der Waals surface area (Å²) in [6, 6.07) is 4.32. The molecule has 5 heteroatoms. The first-order chi connectivity index (χ1) is 9.99. The molecule has 3 rings (SSSR count). The maximum absolute atomic E-state index is 11.5. The summed E-state index contributed by atoms with van der Waals surface area (Å²) in [5, 5.41) is 0. The third-order valence-electron chi connectivity index (χ3n) is 3.48. The molecule has 1 aromatic carbocycles. The summed E-state index contributed by atoms with van der Waals surface area (Å²) in [5.74, 6) is -0.324. The van der Waals surface area contributed by atoms with Gasteiger partial charge in [0.15, 0.2) is 4.96 Å². The molecule has 21 heavy (non-hydrogen) atoms. The number of hydrogen-bond donors (Lipinski definition) is 0. The quantitative estimate of drug-likeness (QED) is 0.677. The van der Waals surface area contributed by atoms with Gasteiger partial charge in [0.05, 0.1) is 12.8 Å². The molecule has 0 aliphatic carbocycles. The molecule has 0 saturated carbocycles. The molecule has 4 nitrogen and oxygen atoms in total. The molecule has 0 amide bonds. The Morgan fingerprint density at radius 1 is 1.19 bits per heavy atom. The molecule has 0 aliphatic rings. The highest BCUT2D eigenvalue weighted by Crippen LogP contribution is 2.29. The molecule has 0 atom stereocenters. The van der Waals surface area contributed by atoms with E-state index in [-0.39, 0.29) is 5.97 Å². The van der Waals surface area contributed by atoms with Gasteiger partial charge in [0.2, 0.25) is 0 Å². The molecule has 0 fully saturated rings. The summed E-state index contributed by atoms with van der Waals surface area (Å²) < 4.78 is 6.61. The topological polar surface area (TPSA) is 43.6 Å². The summed E-state index contributed by atoms with van der Waals surface area (Å²) in [5.41, 5.74) is 5.78. The van der Waals surface area contributed by atoms with Crippen LogP contribution in [0.5, 0.6) is 0 Å². The average molecular weight is 300 g/mol. The zero-order chi connectivity index (χ0) is 15.1. The number of fused-ring (bicyclic) bond motifs is 1. The molecular formula is C16H16N2O2S. The van der Waals surface area contributed by atoms with E-state index in [1.807, 2.05) is 10.6 Å². The Hall–Kier alpha value is -2.14. The number of methoxy groups -OCH3 is 1. The first-order valence-electron chi connectivity index (χ1n) is 6.64. The van der Waals surface area contributed by atoms with Crippen molar-refractivity contribution in [1.82, 2.24) is 9.38 Å².